The fourth-order valence-corrected chi connectivity index (χ4v) is 1.90. The van der Waals surface area contributed by atoms with E-state index in [0.717, 1.165) is 32.5 Å². The fourth-order valence-electron chi connectivity index (χ4n) is 1.90. The van der Waals surface area contributed by atoms with Crippen LogP contribution in [0.2, 0.25) is 0 Å². The Balaban J connectivity index is 2.41. The van der Waals surface area contributed by atoms with Crippen LogP contribution in [0, 0.1) is 5.92 Å². The molecular weight excluding hydrogens is 178 g/mol. The lowest BCUT2D eigenvalue weighted by Gasteiger charge is -2.31. The summed E-state index contributed by atoms with van der Waals surface area (Å²) in [5.41, 5.74) is 0.642. The first-order valence-corrected chi connectivity index (χ1v) is 5.18. The van der Waals surface area contributed by atoms with Crippen molar-refractivity contribution >= 4 is 5.97 Å². The average molecular weight is 197 g/mol. The second-order valence-corrected chi connectivity index (χ2v) is 3.73. The summed E-state index contributed by atoms with van der Waals surface area (Å²) in [5, 5.41) is 0. The number of hydrogen-bond acceptors (Lipinski definition) is 3. The van der Waals surface area contributed by atoms with E-state index in [1.165, 1.54) is 7.11 Å². The molecule has 3 nitrogen and oxygen atoms in total. The van der Waals surface area contributed by atoms with E-state index in [1.807, 2.05) is 0 Å². The Hall–Kier alpha value is -0.830. The zero-order valence-corrected chi connectivity index (χ0v) is 9.08. The molecule has 80 valence electrons. The molecule has 0 radical (unpaired) electrons. The third-order valence-electron chi connectivity index (χ3n) is 2.98. The van der Waals surface area contributed by atoms with Crippen LogP contribution in [0.3, 0.4) is 0 Å². The number of hydrogen-bond donors (Lipinski definition) is 0. The maximum atomic E-state index is 11.2. The van der Waals surface area contributed by atoms with Crippen LogP contribution in [-0.4, -0.2) is 37.6 Å². The van der Waals surface area contributed by atoms with E-state index in [1.54, 1.807) is 0 Å². The summed E-state index contributed by atoms with van der Waals surface area (Å²) >= 11 is 0. The molecule has 0 spiro atoms. The minimum atomic E-state index is -0.250. The zero-order valence-electron chi connectivity index (χ0n) is 9.08. The van der Waals surface area contributed by atoms with Crippen molar-refractivity contribution in [2.45, 2.75) is 19.8 Å². The van der Waals surface area contributed by atoms with E-state index in [2.05, 4.69) is 23.1 Å². The Morgan fingerprint density at radius 2 is 2.07 bits per heavy atom. The summed E-state index contributed by atoms with van der Waals surface area (Å²) < 4.78 is 4.67. The standard InChI is InChI=1S/C11H19NO2/c1-4-12-7-5-10(6-8-12)9(2)11(13)14-3/h10H,2,4-8H2,1,3H3. The van der Waals surface area contributed by atoms with Gasteiger partial charge in [-0.15, -0.1) is 0 Å². The van der Waals surface area contributed by atoms with Gasteiger partial charge < -0.3 is 9.64 Å². The Morgan fingerprint density at radius 1 is 1.50 bits per heavy atom. The summed E-state index contributed by atoms with van der Waals surface area (Å²) in [4.78, 5) is 13.6. The SMILES string of the molecule is C=C(C(=O)OC)C1CCN(CC)CC1. The van der Waals surface area contributed by atoms with Crippen molar-refractivity contribution in [3.63, 3.8) is 0 Å². The minimum absolute atomic E-state index is 0.250. The van der Waals surface area contributed by atoms with E-state index in [0.29, 0.717) is 11.5 Å². The highest BCUT2D eigenvalue weighted by Gasteiger charge is 2.24. The number of ether oxygens (including phenoxy) is 1. The van der Waals surface area contributed by atoms with Gasteiger partial charge in [-0.3, -0.25) is 0 Å². The predicted molar refractivity (Wildman–Crippen MR) is 56.0 cm³/mol. The summed E-state index contributed by atoms with van der Waals surface area (Å²) in [5.74, 6) is 0.0743. The van der Waals surface area contributed by atoms with Gasteiger partial charge in [-0.05, 0) is 38.4 Å². The van der Waals surface area contributed by atoms with Gasteiger partial charge in [0.1, 0.15) is 0 Å². The number of esters is 1. The van der Waals surface area contributed by atoms with Crippen LogP contribution in [0.5, 0.6) is 0 Å². The van der Waals surface area contributed by atoms with Gasteiger partial charge in [0.05, 0.1) is 7.11 Å². The molecule has 0 aromatic rings. The molecule has 3 heteroatoms. The van der Waals surface area contributed by atoms with Crippen molar-refractivity contribution in [1.82, 2.24) is 4.90 Å². The molecule has 0 aromatic carbocycles. The number of carbonyl (C=O) groups is 1. The second-order valence-electron chi connectivity index (χ2n) is 3.73. The zero-order chi connectivity index (χ0) is 10.6. The molecule has 0 aromatic heterocycles. The van der Waals surface area contributed by atoms with Gasteiger partial charge in [-0.1, -0.05) is 13.5 Å². The van der Waals surface area contributed by atoms with Crippen LogP contribution in [-0.2, 0) is 9.53 Å². The average Bonchev–Trinajstić information content (AvgIpc) is 2.27. The summed E-state index contributed by atoms with van der Waals surface area (Å²) in [6.45, 7) is 9.20. The second kappa shape index (κ2) is 5.15. The van der Waals surface area contributed by atoms with Crippen molar-refractivity contribution in [2.24, 2.45) is 5.92 Å². The van der Waals surface area contributed by atoms with Crippen LogP contribution < -0.4 is 0 Å². The summed E-state index contributed by atoms with van der Waals surface area (Å²) in [6.07, 6.45) is 2.06. The highest BCUT2D eigenvalue weighted by Crippen LogP contribution is 2.23. The lowest BCUT2D eigenvalue weighted by molar-refractivity contribution is -0.136. The monoisotopic (exact) mass is 197 g/mol. The van der Waals surface area contributed by atoms with Crippen molar-refractivity contribution < 1.29 is 9.53 Å². The topological polar surface area (TPSA) is 29.5 Å². The van der Waals surface area contributed by atoms with E-state index in [-0.39, 0.29) is 5.97 Å². The van der Waals surface area contributed by atoms with Crippen molar-refractivity contribution in [3.05, 3.63) is 12.2 Å². The third kappa shape index (κ3) is 2.58. The van der Waals surface area contributed by atoms with E-state index >= 15 is 0 Å². The van der Waals surface area contributed by atoms with Crippen LogP contribution in [0.4, 0.5) is 0 Å². The quantitative estimate of drug-likeness (QED) is 0.506. The van der Waals surface area contributed by atoms with Crippen molar-refractivity contribution in [3.8, 4) is 0 Å². The molecule has 1 rings (SSSR count). The molecule has 0 bridgehead atoms. The van der Waals surface area contributed by atoms with Gasteiger partial charge in [0, 0.05) is 5.57 Å². The molecule has 1 aliphatic heterocycles. The first kappa shape index (κ1) is 11.2. The third-order valence-corrected chi connectivity index (χ3v) is 2.98. The Labute approximate surface area is 85.7 Å². The molecule has 0 atom stereocenters. The molecule has 0 amide bonds. The molecule has 0 saturated carbocycles. The number of likely N-dealkylation sites (tertiary alicyclic amines) is 1. The lowest BCUT2D eigenvalue weighted by Crippen LogP contribution is -2.34. The number of piperidine rings is 1. The highest BCUT2D eigenvalue weighted by molar-refractivity contribution is 5.88. The molecule has 1 fully saturated rings. The highest BCUT2D eigenvalue weighted by atomic mass is 16.5. The van der Waals surface area contributed by atoms with Gasteiger partial charge in [-0.25, -0.2) is 4.79 Å². The summed E-state index contributed by atoms with van der Waals surface area (Å²) in [7, 11) is 1.41. The van der Waals surface area contributed by atoms with Gasteiger partial charge >= 0.3 is 5.97 Å². The van der Waals surface area contributed by atoms with Crippen molar-refractivity contribution in [2.75, 3.05) is 26.7 Å². The van der Waals surface area contributed by atoms with Gasteiger partial charge in [0.2, 0.25) is 0 Å². The molecule has 1 aliphatic rings. The largest absolute Gasteiger partial charge is 0.466 e. The molecule has 1 saturated heterocycles. The lowest BCUT2D eigenvalue weighted by atomic mass is 9.90. The molecule has 0 N–H and O–H groups in total. The number of carbonyl (C=O) groups excluding carboxylic acids is 1. The Kier molecular flexibility index (Phi) is 4.14. The first-order chi connectivity index (χ1) is 6.69. The molecule has 0 aliphatic carbocycles. The van der Waals surface area contributed by atoms with Crippen LogP contribution in [0.25, 0.3) is 0 Å². The molecular formula is C11H19NO2. The minimum Gasteiger partial charge on any atom is -0.466 e. The van der Waals surface area contributed by atoms with Crippen LogP contribution in [0.15, 0.2) is 12.2 Å². The van der Waals surface area contributed by atoms with Gasteiger partial charge in [-0.2, -0.15) is 0 Å². The maximum absolute atomic E-state index is 11.2. The Morgan fingerprint density at radius 3 is 2.50 bits per heavy atom. The smallest absolute Gasteiger partial charge is 0.333 e. The van der Waals surface area contributed by atoms with Crippen LogP contribution in [0.1, 0.15) is 19.8 Å². The van der Waals surface area contributed by atoms with E-state index < -0.39 is 0 Å². The maximum Gasteiger partial charge on any atom is 0.333 e. The van der Waals surface area contributed by atoms with Crippen molar-refractivity contribution in [1.29, 1.82) is 0 Å². The first-order valence-electron chi connectivity index (χ1n) is 5.18. The number of methoxy groups -OCH3 is 1. The fraction of sp³-hybridized carbons (Fsp3) is 0.727. The molecule has 14 heavy (non-hydrogen) atoms. The Bertz CT molecular complexity index is 217. The van der Waals surface area contributed by atoms with E-state index in [4.69, 9.17) is 0 Å². The summed E-state index contributed by atoms with van der Waals surface area (Å²) in [6, 6.07) is 0. The van der Waals surface area contributed by atoms with Gasteiger partial charge in [0.25, 0.3) is 0 Å². The molecule has 1 heterocycles. The molecule has 0 unspecified atom stereocenters. The normalized spacial score (nSPS) is 19.3. The van der Waals surface area contributed by atoms with E-state index in [9.17, 15) is 4.79 Å². The number of nitrogens with zero attached hydrogens (tertiary/aromatic N) is 1. The number of rotatable bonds is 3. The predicted octanol–water partition coefficient (Wildman–Crippen LogP) is 1.45. The van der Waals surface area contributed by atoms with Gasteiger partial charge in [0.15, 0.2) is 0 Å². The van der Waals surface area contributed by atoms with Crippen LogP contribution >= 0.6 is 0 Å².